The normalized spacial score (nSPS) is 14.6. The molecule has 3 nitrogen and oxygen atoms in total. The molecule has 0 saturated carbocycles. The molecular formula is C6H7NO2. The van der Waals surface area contributed by atoms with Crippen molar-refractivity contribution in [1.82, 2.24) is 5.48 Å². The number of aliphatic hydroxyl groups excluding tert-OH is 1. The van der Waals surface area contributed by atoms with E-state index in [9.17, 15) is 0 Å². The van der Waals surface area contributed by atoms with E-state index in [0.717, 1.165) is 0 Å². The van der Waals surface area contributed by atoms with Crippen molar-refractivity contribution in [1.29, 1.82) is 0 Å². The average molecular weight is 125 g/mol. The summed E-state index contributed by atoms with van der Waals surface area (Å²) in [7, 11) is 0. The van der Waals surface area contributed by atoms with Crippen LogP contribution in [0, 0.1) is 0 Å². The Morgan fingerprint density at radius 3 is 2.33 bits per heavy atom. The molecule has 0 amide bonds. The summed E-state index contributed by atoms with van der Waals surface area (Å²) in [4.78, 5) is 0. The molecule has 0 saturated heterocycles. The fourth-order valence-corrected chi connectivity index (χ4v) is 0.596. The first-order valence-corrected chi connectivity index (χ1v) is 2.52. The van der Waals surface area contributed by atoms with Gasteiger partial charge in [0.15, 0.2) is 0 Å². The number of hydroxylamine groups is 1. The third kappa shape index (κ3) is 1.12. The monoisotopic (exact) mass is 125 g/mol. The first-order valence-electron chi connectivity index (χ1n) is 2.52. The highest BCUT2D eigenvalue weighted by Crippen LogP contribution is 2.08. The van der Waals surface area contributed by atoms with Gasteiger partial charge in [0.25, 0.3) is 0 Å². The van der Waals surface area contributed by atoms with Crippen LogP contribution in [0.4, 0.5) is 0 Å². The van der Waals surface area contributed by atoms with E-state index < -0.39 is 0 Å². The number of aliphatic hydroxyl groups is 1. The fraction of sp³-hybridized carbons (Fsp3) is 0. The maximum atomic E-state index is 8.77. The number of hydrogen-bond donors (Lipinski definition) is 3. The summed E-state index contributed by atoms with van der Waals surface area (Å²) >= 11 is 0. The van der Waals surface area contributed by atoms with Gasteiger partial charge >= 0.3 is 0 Å². The quantitative estimate of drug-likeness (QED) is 0.360. The molecule has 9 heavy (non-hydrogen) atoms. The van der Waals surface area contributed by atoms with E-state index in [4.69, 9.17) is 10.3 Å². The van der Waals surface area contributed by atoms with Crippen molar-refractivity contribution >= 4 is 0 Å². The van der Waals surface area contributed by atoms with Crippen LogP contribution in [0.3, 0.4) is 0 Å². The summed E-state index contributed by atoms with van der Waals surface area (Å²) < 4.78 is 0. The summed E-state index contributed by atoms with van der Waals surface area (Å²) in [6.07, 6.45) is 6.89. The van der Waals surface area contributed by atoms with Gasteiger partial charge in [-0.15, -0.1) is 0 Å². The lowest BCUT2D eigenvalue weighted by molar-refractivity contribution is 0.138. The Balaban J connectivity index is 2.81. The lowest BCUT2D eigenvalue weighted by Gasteiger charge is -1.96. The molecule has 0 spiro atoms. The first-order chi connectivity index (χ1) is 4.34. The highest BCUT2D eigenvalue weighted by Gasteiger charge is 1.98. The van der Waals surface area contributed by atoms with Crippen LogP contribution in [0.2, 0.25) is 0 Å². The first kappa shape index (κ1) is 5.91. The number of hydrogen-bond acceptors (Lipinski definition) is 3. The van der Waals surface area contributed by atoms with Crippen LogP contribution in [0.5, 0.6) is 0 Å². The molecule has 1 aliphatic rings. The summed E-state index contributed by atoms with van der Waals surface area (Å²) in [5.41, 5.74) is 2.22. The Morgan fingerprint density at radius 2 is 1.89 bits per heavy atom. The van der Waals surface area contributed by atoms with Crippen molar-refractivity contribution in [3.63, 3.8) is 0 Å². The van der Waals surface area contributed by atoms with Crippen molar-refractivity contribution in [2.24, 2.45) is 0 Å². The van der Waals surface area contributed by atoms with Gasteiger partial charge in [0.2, 0.25) is 5.88 Å². The minimum absolute atomic E-state index is 0.222. The van der Waals surface area contributed by atoms with E-state index >= 15 is 0 Å². The highest BCUT2D eigenvalue weighted by molar-refractivity contribution is 5.40. The van der Waals surface area contributed by atoms with Crippen molar-refractivity contribution in [2.45, 2.75) is 0 Å². The zero-order valence-electron chi connectivity index (χ0n) is 4.70. The lowest BCUT2D eigenvalue weighted by atomic mass is 10.3. The molecule has 0 aromatic rings. The molecule has 0 atom stereocenters. The van der Waals surface area contributed by atoms with Crippen LogP contribution in [-0.2, 0) is 0 Å². The Hall–Kier alpha value is -1.22. The van der Waals surface area contributed by atoms with Gasteiger partial charge in [-0.3, -0.25) is 5.21 Å². The molecule has 0 aromatic carbocycles. The van der Waals surface area contributed by atoms with E-state index in [1.54, 1.807) is 29.8 Å². The van der Waals surface area contributed by atoms with Crippen LogP contribution < -0.4 is 5.48 Å². The van der Waals surface area contributed by atoms with Crippen LogP contribution >= 0.6 is 0 Å². The van der Waals surface area contributed by atoms with Crippen molar-refractivity contribution in [3.8, 4) is 0 Å². The third-order valence-corrected chi connectivity index (χ3v) is 1.04. The van der Waals surface area contributed by atoms with Gasteiger partial charge in [0.1, 0.15) is 0 Å². The molecule has 3 N–H and O–H groups in total. The van der Waals surface area contributed by atoms with E-state index in [-0.39, 0.29) is 5.88 Å². The second-order valence-electron chi connectivity index (χ2n) is 1.63. The van der Waals surface area contributed by atoms with Crippen LogP contribution in [-0.4, -0.2) is 10.3 Å². The van der Waals surface area contributed by atoms with E-state index in [0.29, 0.717) is 5.57 Å². The maximum absolute atomic E-state index is 8.77. The second kappa shape index (κ2) is 2.37. The zero-order valence-corrected chi connectivity index (χ0v) is 4.70. The smallest absolute Gasteiger partial charge is 0.215 e. The summed E-state index contributed by atoms with van der Waals surface area (Å²) in [6.45, 7) is 0. The van der Waals surface area contributed by atoms with Gasteiger partial charge in [-0.2, -0.15) is 0 Å². The fourth-order valence-electron chi connectivity index (χ4n) is 0.596. The van der Waals surface area contributed by atoms with Crippen molar-refractivity contribution in [2.75, 3.05) is 0 Å². The highest BCUT2D eigenvalue weighted by atomic mass is 16.5. The predicted molar refractivity (Wildman–Crippen MR) is 32.9 cm³/mol. The van der Waals surface area contributed by atoms with Crippen molar-refractivity contribution < 1.29 is 10.3 Å². The van der Waals surface area contributed by atoms with Gasteiger partial charge < -0.3 is 5.11 Å². The molecule has 1 rings (SSSR count). The largest absolute Gasteiger partial charge is 0.493 e. The van der Waals surface area contributed by atoms with E-state index in [1.165, 1.54) is 0 Å². The maximum Gasteiger partial charge on any atom is 0.215 e. The molecule has 0 unspecified atom stereocenters. The molecule has 1 aliphatic carbocycles. The van der Waals surface area contributed by atoms with Gasteiger partial charge in [0, 0.05) is 5.57 Å². The predicted octanol–water partition coefficient (Wildman–Crippen LogP) is 0.861. The standard InChI is InChI=1S/C6H7NO2/c8-6(7-9)5-3-1-2-4-5/h1-4,7-9H. The Kier molecular flexibility index (Phi) is 1.55. The molecule has 0 fully saturated rings. The van der Waals surface area contributed by atoms with Crippen LogP contribution in [0.25, 0.3) is 0 Å². The number of allylic oxidation sites excluding steroid dienone is 5. The molecule has 0 radical (unpaired) electrons. The number of nitrogens with one attached hydrogen (secondary N) is 1. The number of rotatable bonds is 1. The third-order valence-electron chi connectivity index (χ3n) is 1.04. The van der Waals surface area contributed by atoms with Crippen LogP contribution in [0.15, 0.2) is 35.8 Å². The minimum atomic E-state index is -0.222. The average Bonchev–Trinajstić information content (AvgIpc) is 2.37. The molecule has 0 aliphatic heterocycles. The molecule has 0 aromatic heterocycles. The topological polar surface area (TPSA) is 52.5 Å². The Bertz CT molecular complexity index is 177. The molecule has 0 heterocycles. The Morgan fingerprint density at radius 1 is 1.33 bits per heavy atom. The molecular weight excluding hydrogens is 118 g/mol. The zero-order chi connectivity index (χ0) is 6.69. The summed E-state index contributed by atoms with van der Waals surface area (Å²) in [5, 5.41) is 16.9. The summed E-state index contributed by atoms with van der Waals surface area (Å²) in [6, 6.07) is 0. The van der Waals surface area contributed by atoms with E-state index in [1.807, 2.05) is 0 Å². The molecule has 0 bridgehead atoms. The van der Waals surface area contributed by atoms with Crippen molar-refractivity contribution in [3.05, 3.63) is 35.8 Å². The van der Waals surface area contributed by atoms with Gasteiger partial charge in [-0.1, -0.05) is 12.2 Å². The van der Waals surface area contributed by atoms with Gasteiger partial charge in [-0.05, 0) is 12.2 Å². The summed E-state index contributed by atoms with van der Waals surface area (Å²) in [5.74, 6) is -0.222. The lowest BCUT2D eigenvalue weighted by Crippen LogP contribution is -2.07. The Labute approximate surface area is 52.6 Å². The van der Waals surface area contributed by atoms with Gasteiger partial charge in [0.05, 0.1) is 0 Å². The minimum Gasteiger partial charge on any atom is -0.493 e. The SMILES string of the molecule is ONC(O)=C1C=CC=C1. The molecule has 3 heteroatoms. The van der Waals surface area contributed by atoms with E-state index in [2.05, 4.69) is 0 Å². The van der Waals surface area contributed by atoms with Gasteiger partial charge in [-0.25, -0.2) is 5.48 Å². The second-order valence-corrected chi connectivity index (χ2v) is 1.63. The van der Waals surface area contributed by atoms with Crippen LogP contribution in [0.1, 0.15) is 0 Å². The molecule has 48 valence electrons.